The first-order valence-corrected chi connectivity index (χ1v) is 8.65. The molecule has 3 rings (SSSR count). The molecule has 1 unspecified atom stereocenters. The van der Waals surface area contributed by atoms with Crippen LogP contribution >= 0.6 is 11.6 Å². The summed E-state index contributed by atoms with van der Waals surface area (Å²) in [5.41, 5.74) is 8.92. The highest BCUT2D eigenvalue weighted by atomic mass is 35.5. The number of amides is 1. The molecule has 2 aromatic carbocycles. The number of carbonyl (C=O) groups excluding carboxylic acids is 1. The second-order valence-corrected chi connectivity index (χ2v) is 6.71. The lowest BCUT2D eigenvalue weighted by atomic mass is 10.0. The molecule has 1 fully saturated rings. The second-order valence-electron chi connectivity index (χ2n) is 6.28. The maximum absolute atomic E-state index is 12.5. The van der Waals surface area contributed by atoms with E-state index in [0.29, 0.717) is 22.3 Å². The molecular formula is C19H22ClN3O. The van der Waals surface area contributed by atoms with Crippen molar-refractivity contribution in [3.63, 3.8) is 0 Å². The molecule has 1 aliphatic rings. The van der Waals surface area contributed by atoms with Crippen LogP contribution in [0.25, 0.3) is 0 Å². The molecule has 0 aliphatic carbocycles. The number of hydrogen-bond acceptors (Lipinski definition) is 3. The second kappa shape index (κ2) is 7.14. The number of anilines is 3. The van der Waals surface area contributed by atoms with E-state index in [1.54, 1.807) is 24.3 Å². The standard InChI is InChI=1S/C19H22ClN3O/c1-13-4-2-3-11-23(13)18-10-9-16(21)12-17(18)22-19(24)14-5-7-15(20)8-6-14/h5-10,12-13H,2-4,11,21H2,1H3,(H,22,24). The Morgan fingerprint density at radius 1 is 1.21 bits per heavy atom. The largest absolute Gasteiger partial charge is 0.399 e. The van der Waals surface area contributed by atoms with Crippen LogP contribution in [0.1, 0.15) is 36.5 Å². The highest BCUT2D eigenvalue weighted by molar-refractivity contribution is 6.30. The summed E-state index contributed by atoms with van der Waals surface area (Å²) < 4.78 is 0. The number of hydrogen-bond donors (Lipinski definition) is 2. The molecule has 0 bridgehead atoms. The quantitative estimate of drug-likeness (QED) is 0.803. The number of nitrogens with two attached hydrogens (primary N) is 1. The van der Waals surface area contributed by atoms with Gasteiger partial charge < -0.3 is 16.0 Å². The van der Waals surface area contributed by atoms with Gasteiger partial charge in [-0.3, -0.25) is 4.79 Å². The first kappa shape index (κ1) is 16.7. The third-order valence-corrected chi connectivity index (χ3v) is 4.74. The molecule has 1 aliphatic heterocycles. The van der Waals surface area contributed by atoms with Crippen LogP contribution in [0.4, 0.5) is 17.1 Å². The van der Waals surface area contributed by atoms with Crippen LogP contribution in [0.5, 0.6) is 0 Å². The third kappa shape index (κ3) is 3.65. The van der Waals surface area contributed by atoms with E-state index in [0.717, 1.165) is 24.3 Å². The van der Waals surface area contributed by atoms with E-state index in [-0.39, 0.29) is 5.91 Å². The van der Waals surface area contributed by atoms with Gasteiger partial charge in [-0.1, -0.05) is 11.6 Å². The molecule has 0 radical (unpaired) electrons. The van der Waals surface area contributed by atoms with Crippen LogP contribution < -0.4 is 16.0 Å². The van der Waals surface area contributed by atoms with Gasteiger partial charge in [0.25, 0.3) is 5.91 Å². The lowest BCUT2D eigenvalue weighted by Crippen LogP contribution is -2.38. The zero-order chi connectivity index (χ0) is 17.1. The molecule has 4 nitrogen and oxygen atoms in total. The van der Waals surface area contributed by atoms with Gasteiger partial charge in [-0.15, -0.1) is 0 Å². The van der Waals surface area contributed by atoms with E-state index < -0.39 is 0 Å². The van der Waals surface area contributed by atoms with Gasteiger partial charge in [-0.2, -0.15) is 0 Å². The van der Waals surface area contributed by atoms with Gasteiger partial charge in [0.2, 0.25) is 0 Å². The highest BCUT2D eigenvalue weighted by Crippen LogP contribution is 2.33. The van der Waals surface area contributed by atoms with Crippen LogP contribution in [-0.4, -0.2) is 18.5 Å². The number of benzene rings is 2. The van der Waals surface area contributed by atoms with E-state index in [1.807, 2.05) is 18.2 Å². The summed E-state index contributed by atoms with van der Waals surface area (Å²) in [6, 6.07) is 13.0. The molecular weight excluding hydrogens is 322 g/mol. The van der Waals surface area contributed by atoms with E-state index in [9.17, 15) is 4.79 Å². The normalized spacial score (nSPS) is 17.6. The average Bonchev–Trinajstić information content (AvgIpc) is 2.56. The van der Waals surface area contributed by atoms with E-state index in [2.05, 4.69) is 17.1 Å². The van der Waals surface area contributed by atoms with Gasteiger partial charge in [0, 0.05) is 28.9 Å². The fourth-order valence-corrected chi connectivity index (χ4v) is 3.28. The van der Waals surface area contributed by atoms with Crippen LogP contribution in [0.15, 0.2) is 42.5 Å². The Kier molecular flexibility index (Phi) is 4.95. The van der Waals surface area contributed by atoms with Gasteiger partial charge in [0.1, 0.15) is 0 Å². The fraction of sp³-hybridized carbons (Fsp3) is 0.316. The zero-order valence-electron chi connectivity index (χ0n) is 13.8. The fourth-order valence-electron chi connectivity index (χ4n) is 3.16. The van der Waals surface area contributed by atoms with Crippen molar-refractivity contribution in [3.8, 4) is 0 Å². The molecule has 1 amide bonds. The predicted octanol–water partition coefficient (Wildman–Crippen LogP) is 4.55. The number of halogens is 1. The van der Waals surface area contributed by atoms with Crippen molar-refractivity contribution in [1.29, 1.82) is 0 Å². The maximum Gasteiger partial charge on any atom is 0.255 e. The summed E-state index contributed by atoms with van der Waals surface area (Å²) >= 11 is 5.89. The molecule has 0 spiro atoms. The van der Waals surface area contributed by atoms with Gasteiger partial charge in [-0.25, -0.2) is 0 Å². The van der Waals surface area contributed by atoms with Crippen molar-refractivity contribution in [3.05, 3.63) is 53.1 Å². The molecule has 126 valence electrons. The van der Waals surface area contributed by atoms with Crippen molar-refractivity contribution in [2.24, 2.45) is 0 Å². The molecule has 0 saturated carbocycles. The van der Waals surface area contributed by atoms with Crippen LogP contribution in [-0.2, 0) is 0 Å². The van der Waals surface area contributed by atoms with E-state index >= 15 is 0 Å². The number of piperidine rings is 1. The smallest absolute Gasteiger partial charge is 0.255 e. The highest BCUT2D eigenvalue weighted by Gasteiger charge is 2.22. The molecule has 24 heavy (non-hydrogen) atoms. The number of nitrogen functional groups attached to an aromatic ring is 1. The molecule has 5 heteroatoms. The van der Waals surface area contributed by atoms with E-state index in [4.69, 9.17) is 17.3 Å². The Hall–Kier alpha value is -2.20. The Labute approximate surface area is 147 Å². The molecule has 1 heterocycles. The minimum absolute atomic E-state index is 0.164. The number of nitrogens with one attached hydrogen (secondary N) is 1. The van der Waals surface area contributed by atoms with Crippen LogP contribution in [0.3, 0.4) is 0 Å². The van der Waals surface area contributed by atoms with Gasteiger partial charge in [-0.05, 0) is 68.7 Å². The van der Waals surface area contributed by atoms with Crippen molar-refractivity contribution in [2.45, 2.75) is 32.2 Å². The molecule has 0 aromatic heterocycles. The Bertz CT molecular complexity index is 730. The van der Waals surface area contributed by atoms with Gasteiger partial charge in [0.05, 0.1) is 11.4 Å². The monoisotopic (exact) mass is 343 g/mol. The summed E-state index contributed by atoms with van der Waals surface area (Å²) in [4.78, 5) is 14.9. The maximum atomic E-state index is 12.5. The van der Waals surface area contributed by atoms with E-state index in [1.165, 1.54) is 12.8 Å². The minimum atomic E-state index is -0.164. The number of carbonyl (C=O) groups is 1. The summed E-state index contributed by atoms with van der Waals surface area (Å²) in [6.45, 7) is 3.22. The minimum Gasteiger partial charge on any atom is -0.399 e. The van der Waals surface area contributed by atoms with Crippen LogP contribution in [0.2, 0.25) is 5.02 Å². The average molecular weight is 344 g/mol. The third-order valence-electron chi connectivity index (χ3n) is 4.49. The SMILES string of the molecule is CC1CCCCN1c1ccc(N)cc1NC(=O)c1ccc(Cl)cc1. The molecule has 2 aromatic rings. The van der Waals surface area contributed by atoms with Crippen LogP contribution in [0, 0.1) is 0 Å². The van der Waals surface area contributed by atoms with Crippen molar-refractivity contribution >= 4 is 34.6 Å². The number of nitrogens with zero attached hydrogens (tertiary/aromatic N) is 1. The molecule has 1 atom stereocenters. The van der Waals surface area contributed by atoms with Crippen molar-refractivity contribution < 1.29 is 4.79 Å². The summed E-state index contributed by atoms with van der Waals surface area (Å²) in [5, 5.41) is 3.61. The first-order chi connectivity index (χ1) is 11.5. The lowest BCUT2D eigenvalue weighted by molar-refractivity contribution is 0.102. The number of rotatable bonds is 3. The Morgan fingerprint density at radius 2 is 1.96 bits per heavy atom. The summed E-state index contributed by atoms with van der Waals surface area (Å²) in [6.07, 6.45) is 3.58. The Morgan fingerprint density at radius 3 is 2.67 bits per heavy atom. The van der Waals surface area contributed by atoms with Crippen molar-refractivity contribution in [1.82, 2.24) is 0 Å². The van der Waals surface area contributed by atoms with Gasteiger partial charge in [0.15, 0.2) is 0 Å². The first-order valence-electron chi connectivity index (χ1n) is 8.27. The Balaban J connectivity index is 1.87. The summed E-state index contributed by atoms with van der Waals surface area (Å²) in [5.74, 6) is -0.164. The summed E-state index contributed by atoms with van der Waals surface area (Å²) in [7, 11) is 0. The topological polar surface area (TPSA) is 58.4 Å². The lowest BCUT2D eigenvalue weighted by Gasteiger charge is -2.36. The molecule has 1 saturated heterocycles. The molecule has 3 N–H and O–H groups in total. The van der Waals surface area contributed by atoms with Gasteiger partial charge >= 0.3 is 0 Å². The zero-order valence-corrected chi connectivity index (χ0v) is 14.5. The van der Waals surface area contributed by atoms with Crippen molar-refractivity contribution in [2.75, 3.05) is 22.5 Å². The predicted molar refractivity (Wildman–Crippen MR) is 101 cm³/mol.